The summed E-state index contributed by atoms with van der Waals surface area (Å²) >= 11 is 0. The molecule has 0 saturated carbocycles. The van der Waals surface area contributed by atoms with Gasteiger partial charge < -0.3 is 9.88 Å². The number of imidazole rings is 1. The first-order valence-corrected chi connectivity index (χ1v) is 7.70. The largest absolute Gasteiger partial charge is 0.388 e. The van der Waals surface area contributed by atoms with Crippen LogP contribution in [0.1, 0.15) is 28.4 Å². The van der Waals surface area contributed by atoms with Gasteiger partial charge in [0.25, 0.3) is 0 Å². The zero-order valence-electron chi connectivity index (χ0n) is 12.9. The molecule has 1 unspecified atom stereocenters. The summed E-state index contributed by atoms with van der Waals surface area (Å²) in [6.07, 6.45) is 4.13. The minimum atomic E-state index is 0.0279. The molecular formula is C19H17N3O. The van der Waals surface area contributed by atoms with Gasteiger partial charge in [-0.25, -0.2) is 4.98 Å². The molecule has 0 saturated heterocycles. The van der Waals surface area contributed by atoms with Crippen LogP contribution in [0.5, 0.6) is 0 Å². The molecule has 0 bridgehead atoms. The second-order valence-electron chi connectivity index (χ2n) is 5.74. The molecular weight excluding hydrogens is 286 g/mol. The average molecular weight is 303 g/mol. The number of hydrogen-bond acceptors (Lipinski definition) is 3. The number of nitrogens with one attached hydrogen (secondary N) is 1. The Hall–Kier alpha value is -2.88. The molecule has 23 heavy (non-hydrogen) atoms. The first kappa shape index (κ1) is 13.8. The number of Topliss-reactive ketones (excluding diaryl/α,β-unsaturated/α-hetero) is 1. The third-order valence-electron chi connectivity index (χ3n) is 4.47. The van der Waals surface area contributed by atoms with E-state index in [2.05, 4.69) is 27.0 Å². The van der Waals surface area contributed by atoms with E-state index in [0.717, 1.165) is 16.9 Å². The number of carbonyl (C=O) groups excluding carboxylic acids is 1. The number of benzene rings is 2. The molecule has 1 N–H and O–H groups in total. The second-order valence-corrected chi connectivity index (χ2v) is 5.74. The highest BCUT2D eigenvalue weighted by Crippen LogP contribution is 2.41. The minimum absolute atomic E-state index is 0.0279. The molecule has 0 fully saturated rings. The van der Waals surface area contributed by atoms with Gasteiger partial charge in [-0.05, 0) is 29.8 Å². The van der Waals surface area contributed by atoms with Crippen molar-refractivity contribution in [2.75, 3.05) is 12.4 Å². The summed E-state index contributed by atoms with van der Waals surface area (Å²) in [5.41, 5.74) is 5.21. The van der Waals surface area contributed by atoms with Crippen LogP contribution in [0.3, 0.4) is 0 Å². The number of rotatable bonds is 4. The Balaban J connectivity index is 1.65. The van der Waals surface area contributed by atoms with Crippen LogP contribution in [0, 0.1) is 0 Å². The molecule has 0 radical (unpaired) electrons. The molecule has 1 aliphatic heterocycles. The average Bonchev–Trinajstić information content (AvgIpc) is 3.18. The molecule has 1 atom stereocenters. The maximum Gasteiger partial charge on any atom is 0.165 e. The van der Waals surface area contributed by atoms with E-state index in [1.165, 1.54) is 11.1 Å². The summed E-state index contributed by atoms with van der Waals surface area (Å²) in [7, 11) is 1.87. The maximum absolute atomic E-state index is 12.7. The third kappa shape index (κ3) is 2.23. The van der Waals surface area contributed by atoms with Crippen molar-refractivity contribution in [1.29, 1.82) is 0 Å². The van der Waals surface area contributed by atoms with E-state index in [1.54, 1.807) is 0 Å². The van der Waals surface area contributed by atoms with E-state index in [4.69, 9.17) is 0 Å². The quantitative estimate of drug-likeness (QED) is 0.746. The van der Waals surface area contributed by atoms with Crippen LogP contribution < -0.4 is 5.32 Å². The van der Waals surface area contributed by atoms with E-state index >= 15 is 0 Å². The third-order valence-corrected chi connectivity index (χ3v) is 4.47. The lowest BCUT2D eigenvalue weighted by Gasteiger charge is -2.14. The van der Waals surface area contributed by atoms with Crippen LogP contribution in [0.4, 0.5) is 5.69 Å². The first-order valence-electron chi connectivity index (χ1n) is 7.70. The second kappa shape index (κ2) is 5.39. The lowest BCUT2D eigenvalue weighted by molar-refractivity contribution is 0.0970. The van der Waals surface area contributed by atoms with Gasteiger partial charge in [0.15, 0.2) is 5.78 Å². The highest BCUT2D eigenvalue weighted by molar-refractivity contribution is 5.97. The zero-order chi connectivity index (χ0) is 15.8. The van der Waals surface area contributed by atoms with Crippen LogP contribution in [0.15, 0.2) is 61.1 Å². The number of hydrogen-bond donors (Lipinski definition) is 1. The van der Waals surface area contributed by atoms with Crippen molar-refractivity contribution in [3.63, 3.8) is 0 Å². The highest BCUT2D eigenvalue weighted by Gasteiger charge is 2.29. The van der Waals surface area contributed by atoms with E-state index < -0.39 is 0 Å². The van der Waals surface area contributed by atoms with Crippen molar-refractivity contribution in [2.45, 2.75) is 12.5 Å². The van der Waals surface area contributed by atoms with Crippen molar-refractivity contribution in [2.24, 2.45) is 0 Å². The topological polar surface area (TPSA) is 46.9 Å². The standard InChI is InChI=1S/C19H17N3O/c1-20-14-8-6-13(7-9-14)19(23)10-17-15-4-2-3-5-16(15)18-11-21-12-22(17)18/h2-9,11-12,17,20H,10H2,1H3. The Morgan fingerprint density at radius 1 is 1.17 bits per heavy atom. The van der Waals surface area contributed by atoms with Gasteiger partial charge in [0.2, 0.25) is 0 Å². The molecule has 0 aliphatic carbocycles. The molecule has 114 valence electrons. The molecule has 0 amide bonds. The number of fused-ring (bicyclic) bond motifs is 3. The summed E-state index contributed by atoms with van der Waals surface area (Å²) in [4.78, 5) is 16.9. The fourth-order valence-electron chi connectivity index (χ4n) is 3.26. The molecule has 4 nitrogen and oxygen atoms in total. The van der Waals surface area contributed by atoms with E-state index in [0.29, 0.717) is 6.42 Å². The fourth-order valence-corrected chi connectivity index (χ4v) is 3.26. The molecule has 4 rings (SSSR count). The SMILES string of the molecule is CNc1ccc(C(=O)CC2c3ccccc3-c3cncn32)cc1. The van der Waals surface area contributed by atoms with Crippen LogP contribution >= 0.6 is 0 Å². The van der Waals surface area contributed by atoms with Gasteiger partial charge in [0.05, 0.1) is 24.3 Å². The van der Waals surface area contributed by atoms with Gasteiger partial charge >= 0.3 is 0 Å². The molecule has 4 heteroatoms. The van der Waals surface area contributed by atoms with Crippen LogP contribution in [0.25, 0.3) is 11.3 Å². The van der Waals surface area contributed by atoms with Crippen LogP contribution in [-0.2, 0) is 0 Å². The fraction of sp³-hybridized carbons (Fsp3) is 0.158. The predicted molar refractivity (Wildman–Crippen MR) is 90.7 cm³/mol. The van der Waals surface area contributed by atoms with E-state index in [9.17, 15) is 4.79 Å². The van der Waals surface area contributed by atoms with Gasteiger partial charge in [0, 0.05) is 30.3 Å². The summed E-state index contributed by atoms with van der Waals surface area (Å²) in [6.45, 7) is 0. The summed E-state index contributed by atoms with van der Waals surface area (Å²) in [5, 5.41) is 3.07. The summed E-state index contributed by atoms with van der Waals surface area (Å²) in [6, 6.07) is 15.9. The van der Waals surface area contributed by atoms with Crippen molar-refractivity contribution < 1.29 is 4.79 Å². The lowest BCUT2D eigenvalue weighted by atomic mass is 9.97. The zero-order valence-corrected chi connectivity index (χ0v) is 12.9. The van der Waals surface area contributed by atoms with Gasteiger partial charge in [-0.2, -0.15) is 0 Å². The van der Waals surface area contributed by atoms with Gasteiger partial charge in [-0.3, -0.25) is 4.79 Å². The first-order chi connectivity index (χ1) is 11.3. The van der Waals surface area contributed by atoms with E-state index in [1.807, 2.05) is 56.0 Å². The van der Waals surface area contributed by atoms with Gasteiger partial charge in [0.1, 0.15) is 0 Å². The number of ketones is 1. The predicted octanol–water partition coefficient (Wildman–Crippen LogP) is 3.77. The van der Waals surface area contributed by atoms with Gasteiger partial charge in [-0.1, -0.05) is 24.3 Å². The van der Waals surface area contributed by atoms with E-state index in [-0.39, 0.29) is 11.8 Å². The number of carbonyl (C=O) groups is 1. The van der Waals surface area contributed by atoms with Crippen molar-refractivity contribution in [1.82, 2.24) is 9.55 Å². The molecule has 0 spiro atoms. The smallest absolute Gasteiger partial charge is 0.165 e. The Morgan fingerprint density at radius 3 is 2.74 bits per heavy atom. The molecule has 1 aliphatic rings. The van der Waals surface area contributed by atoms with Crippen molar-refractivity contribution >= 4 is 11.5 Å². The van der Waals surface area contributed by atoms with Crippen molar-refractivity contribution in [3.05, 3.63) is 72.2 Å². The Bertz CT molecular complexity index is 864. The summed E-state index contributed by atoms with van der Waals surface area (Å²) in [5.74, 6) is 0.147. The highest BCUT2D eigenvalue weighted by atomic mass is 16.1. The molecule has 3 aromatic rings. The van der Waals surface area contributed by atoms with Crippen LogP contribution in [0.2, 0.25) is 0 Å². The Labute approximate surface area is 134 Å². The minimum Gasteiger partial charge on any atom is -0.388 e. The Morgan fingerprint density at radius 2 is 1.96 bits per heavy atom. The monoisotopic (exact) mass is 303 g/mol. The number of aromatic nitrogens is 2. The van der Waals surface area contributed by atoms with Crippen molar-refractivity contribution in [3.8, 4) is 11.3 Å². The van der Waals surface area contributed by atoms with Gasteiger partial charge in [-0.15, -0.1) is 0 Å². The number of nitrogens with zero attached hydrogens (tertiary/aromatic N) is 2. The Kier molecular flexibility index (Phi) is 3.23. The molecule has 2 aromatic carbocycles. The lowest BCUT2D eigenvalue weighted by Crippen LogP contribution is -2.11. The number of anilines is 1. The maximum atomic E-state index is 12.7. The van der Waals surface area contributed by atoms with Crippen LogP contribution in [-0.4, -0.2) is 22.4 Å². The molecule has 2 heterocycles. The summed E-state index contributed by atoms with van der Waals surface area (Å²) < 4.78 is 2.10. The normalized spacial score (nSPS) is 15.1. The molecule has 1 aromatic heterocycles.